The Kier molecular flexibility index (Phi) is 7.29. The second-order valence-electron chi connectivity index (χ2n) is 10.8. The first-order chi connectivity index (χ1) is 17.0. The fraction of sp³-hybridized carbons (Fsp3) is 0.692. The molecule has 0 radical (unpaired) electrons. The average Bonchev–Trinajstić information content (AvgIpc) is 3.34. The fourth-order valence-corrected chi connectivity index (χ4v) is 6.49. The molecule has 3 aliphatic carbocycles. The molecule has 3 fully saturated rings. The summed E-state index contributed by atoms with van der Waals surface area (Å²) in [6.45, 7) is 0.623. The first kappa shape index (κ1) is 25.8. The van der Waals surface area contributed by atoms with Gasteiger partial charge in [0.25, 0.3) is 0 Å². The highest BCUT2D eigenvalue weighted by atomic mass is 35.5. The van der Waals surface area contributed by atoms with Crippen molar-refractivity contribution < 1.29 is 37.7 Å². The van der Waals surface area contributed by atoms with Gasteiger partial charge < -0.3 is 24.6 Å². The summed E-state index contributed by atoms with van der Waals surface area (Å²) in [5, 5.41) is 14.0. The number of aliphatic hydroxyl groups excluding tert-OH is 1. The van der Waals surface area contributed by atoms with Crippen molar-refractivity contribution in [1.82, 2.24) is 5.32 Å². The minimum atomic E-state index is -3.15. The van der Waals surface area contributed by atoms with Crippen LogP contribution in [0.2, 0.25) is 5.02 Å². The van der Waals surface area contributed by atoms with E-state index in [1.165, 1.54) is 0 Å². The highest BCUT2D eigenvalue weighted by Crippen LogP contribution is 2.50. The van der Waals surface area contributed by atoms with E-state index in [1.54, 1.807) is 18.2 Å². The maximum atomic E-state index is 13.0. The standard InChI is InChI=1S/C26H32ClF2NO6/c1-26(28,29)36-18-9-17(10-18)34-12-25(33)30-20-6-13-4-15(20)5-14(13)7-22(32)24-11-21(31)19-8-16(27)2-3-23(19)35-24/h2-3,8,13-15,17-18,20-21,24,31H,4-7,9-12H2,1H3,(H,30,33)/t13-,14-,15-,17?,18?,20+,21-,24-/m1/s1. The van der Waals surface area contributed by atoms with Crippen molar-refractivity contribution >= 4 is 23.3 Å². The molecule has 3 saturated carbocycles. The number of amides is 1. The summed E-state index contributed by atoms with van der Waals surface area (Å²) in [7, 11) is 0. The van der Waals surface area contributed by atoms with Crippen LogP contribution in [0, 0.1) is 17.8 Å². The molecule has 1 aliphatic heterocycles. The summed E-state index contributed by atoms with van der Waals surface area (Å²) in [6, 6.07) is 5.11. The number of carbonyl (C=O) groups excluding carboxylic acids is 2. The molecule has 2 bridgehead atoms. The number of ether oxygens (including phenoxy) is 3. The molecule has 0 saturated heterocycles. The first-order valence-corrected chi connectivity index (χ1v) is 13.1. The van der Waals surface area contributed by atoms with Crippen molar-refractivity contribution in [2.75, 3.05) is 6.61 Å². The van der Waals surface area contributed by atoms with Crippen molar-refractivity contribution in [3.8, 4) is 5.75 Å². The van der Waals surface area contributed by atoms with Gasteiger partial charge in [-0.3, -0.25) is 9.59 Å². The average molecular weight is 528 g/mol. The Labute approximate surface area is 213 Å². The quantitative estimate of drug-likeness (QED) is 0.500. The maximum absolute atomic E-state index is 13.0. The Hall–Kier alpha value is -1.81. The van der Waals surface area contributed by atoms with Crippen LogP contribution in [0.1, 0.15) is 63.5 Å². The van der Waals surface area contributed by atoms with E-state index in [2.05, 4.69) is 10.1 Å². The van der Waals surface area contributed by atoms with Gasteiger partial charge in [-0.2, -0.15) is 8.78 Å². The van der Waals surface area contributed by atoms with Gasteiger partial charge in [0.2, 0.25) is 5.91 Å². The van der Waals surface area contributed by atoms with Crippen LogP contribution in [0.25, 0.3) is 0 Å². The lowest BCUT2D eigenvalue weighted by Gasteiger charge is -2.36. The monoisotopic (exact) mass is 527 g/mol. The highest BCUT2D eigenvalue weighted by Gasteiger charge is 2.47. The van der Waals surface area contributed by atoms with Crippen molar-refractivity contribution in [2.45, 2.75) is 88.4 Å². The largest absolute Gasteiger partial charge is 0.482 e. The van der Waals surface area contributed by atoms with Gasteiger partial charge >= 0.3 is 6.11 Å². The zero-order valence-electron chi connectivity index (χ0n) is 20.1. The fourth-order valence-electron chi connectivity index (χ4n) is 6.31. The van der Waals surface area contributed by atoms with Crippen LogP contribution < -0.4 is 10.1 Å². The number of carbonyl (C=O) groups is 2. The summed E-state index contributed by atoms with van der Waals surface area (Å²) >= 11 is 6.00. The second kappa shape index (κ2) is 10.2. The van der Waals surface area contributed by atoms with Crippen LogP contribution in [0.4, 0.5) is 8.78 Å². The van der Waals surface area contributed by atoms with E-state index in [0.29, 0.717) is 54.4 Å². The molecular weight excluding hydrogens is 496 g/mol. The normalized spacial score (nSPS) is 35.0. The third kappa shape index (κ3) is 5.85. The zero-order chi connectivity index (χ0) is 25.6. The number of hydrogen-bond acceptors (Lipinski definition) is 6. The van der Waals surface area contributed by atoms with Crippen molar-refractivity contribution in [3.63, 3.8) is 0 Å². The summed E-state index contributed by atoms with van der Waals surface area (Å²) in [5.74, 6) is 1.25. The van der Waals surface area contributed by atoms with Crippen LogP contribution in [0.3, 0.4) is 0 Å². The lowest BCUT2D eigenvalue weighted by atomic mass is 9.81. The van der Waals surface area contributed by atoms with E-state index < -0.39 is 24.4 Å². The van der Waals surface area contributed by atoms with Gasteiger partial charge in [-0.25, -0.2) is 0 Å². The maximum Gasteiger partial charge on any atom is 0.353 e. The zero-order valence-corrected chi connectivity index (χ0v) is 20.9. The number of alkyl halides is 2. The molecule has 198 valence electrons. The molecule has 1 amide bonds. The third-order valence-corrected chi connectivity index (χ3v) is 8.32. The van der Waals surface area contributed by atoms with Gasteiger partial charge in [-0.05, 0) is 55.2 Å². The predicted octanol–water partition coefficient (Wildman–Crippen LogP) is 4.19. The second-order valence-corrected chi connectivity index (χ2v) is 11.3. The Balaban J connectivity index is 1.03. The molecule has 2 N–H and O–H groups in total. The molecule has 7 nitrogen and oxygen atoms in total. The van der Waals surface area contributed by atoms with Crippen LogP contribution in [0.15, 0.2) is 18.2 Å². The molecule has 36 heavy (non-hydrogen) atoms. The molecule has 1 aromatic rings. The summed E-state index contributed by atoms with van der Waals surface area (Å²) in [5.41, 5.74) is 0.613. The Morgan fingerprint density at radius 2 is 1.92 bits per heavy atom. The Bertz CT molecular complexity index is 997. The Morgan fingerprint density at radius 3 is 2.61 bits per heavy atom. The molecule has 4 aliphatic rings. The number of benzene rings is 1. The molecule has 0 spiro atoms. The van der Waals surface area contributed by atoms with Gasteiger partial charge in [-0.15, -0.1) is 0 Å². The number of Topliss-reactive ketones (excluding diaryl/α,β-unsaturated/α-hetero) is 1. The number of nitrogens with one attached hydrogen (secondary N) is 1. The molecule has 0 unspecified atom stereocenters. The van der Waals surface area contributed by atoms with Gasteiger partial charge in [0.05, 0.1) is 18.3 Å². The van der Waals surface area contributed by atoms with E-state index in [0.717, 1.165) is 19.3 Å². The number of halogens is 3. The summed E-state index contributed by atoms with van der Waals surface area (Å²) in [6.07, 6.45) is -1.33. The van der Waals surface area contributed by atoms with E-state index in [4.69, 9.17) is 21.1 Å². The van der Waals surface area contributed by atoms with E-state index in [-0.39, 0.29) is 42.8 Å². The van der Waals surface area contributed by atoms with Gasteiger partial charge in [0.1, 0.15) is 12.4 Å². The SMILES string of the molecule is CC(F)(F)OC1CC(OCC(=O)N[C@H]2C[C@H]3C[C@@H]2C[C@@H]3CC(=O)[C@H]2C[C@@H](O)c3cc(Cl)ccc3O2)C1. The lowest BCUT2D eigenvalue weighted by molar-refractivity contribution is -0.275. The van der Waals surface area contributed by atoms with Crippen LogP contribution >= 0.6 is 11.6 Å². The van der Waals surface area contributed by atoms with E-state index in [1.807, 2.05) is 0 Å². The smallest absolute Gasteiger partial charge is 0.353 e. The molecule has 5 rings (SSSR count). The van der Waals surface area contributed by atoms with E-state index in [9.17, 15) is 23.5 Å². The van der Waals surface area contributed by atoms with Crippen molar-refractivity contribution in [2.24, 2.45) is 17.8 Å². The first-order valence-electron chi connectivity index (χ1n) is 12.7. The molecule has 10 heteroatoms. The van der Waals surface area contributed by atoms with Crippen LogP contribution in [-0.4, -0.2) is 53.9 Å². The molecule has 0 aromatic heterocycles. The number of rotatable bonds is 9. The number of hydrogen-bond donors (Lipinski definition) is 2. The van der Waals surface area contributed by atoms with Gasteiger partial charge in [0.15, 0.2) is 11.9 Å². The minimum absolute atomic E-state index is 0.00445. The summed E-state index contributed by atoms with van der Waals surface area (Å²) in [4.78, 5) is 25.4. The molecule has 1 aromatic carbocycles. The lowest BCUT2D eigenvalue weighted by Crippen LogP contribution is -2.45. The number of aliphatic hydroxyl groups is 1. The predicted molar refractivity (Wildman–Crippen MR) is 126 cm³/mol. The van der Waals surface area contributed by atoms with Crippen molar-refractivity contribution in [3.05, 3.63) is 28.8 Å². The third-order valence-electron chi connectivity index (χ3n) is 8.08. The van der Waals surface area contributed by atoms with Gasteiger partial charge in [0, 0.05) is 49.2 Å². The summed E-state index contributed by atoms with van der Waals surface area (Å²) < 4.78 is 41.7. The van der Waals surface area contributed by atoms with Crippen molar-refractivity contribution in [1.29, 1.82) is 0 Å². The van der Waals surface area contributed by atoms with Crippen LogP contribution in [-0.2, 0) is 19.1 Å². The Morgan fingerprint density at radius 1 is 1.14 bits per heavy atom. The molecular formula is C26H32ClF2NO6. The van der Waals surface area contributed by atoms with Gasteiger partial charge in [-0.1, -0.05) is 11.6 Å². The molecule has 6 atom stereocenters. The van der Waals surface area contributed by atoms with Crippen LogP contribution in [0.5, 0.6) is 5.75 Å². The molecule has 1 heterocycles. The number of ketones is 1. The highest BCUT2D eigenvalue weighted by molar-refractivity contribution is 6.30. The minimum Gasteiger partial charge on any atom is -0.482 e. The number of fused-ring (bicyclic) bond motifs is 3. The topological polar surface area (TPSA) is 94.1 Å². The van der Waals surface area contributed by atoms with E-state index >= 15 is 0 Å².